The molecule has 0 aliphatic heterocycles. The normalized spacial score (nSPS) is 9.80. The van der Waals surface area contributed by atoms with E-state index in [2.05, 4.69) is 4.98 Å². The minimum atomic E-state index is -0.366. The molecule has 0 bridgehead atoms. The van der Waals surface area contributed by atoms with Crippen molar-refractivity contribution < 1.29 is 9.50 Å². The van der Waals surface area contributed by atoms with Crippen molar-refractivity contribution >= 4 is 0 Å². The Bertz CT molecular complexity index is 197. The van der Waals surface area contributed by atoms with E-state index in [0.717, 1.165) is 6.20 Å². The van der Waals surface area contributed by atoms with Gasteiger partial charge in [-0.3, -0.25) is 4.98 Å². The summed E-state index contributed by atoms with van der Waals surface area (Å²) in [6.07, 6.45) is 2.61. The first kappa shape index (κ1) is 7.15. The first-order chi connectivity index (χ1) is 4.83. The quantitative estimate of drug-likeness (QED) is 0.658. The molecule has 2 nitrogen and oxygen atoms in total. The summed E-state index contributed by atoms with van der Waals surface area (Å²) in [5, 5.41) is 8.40. The summed E-state index contributed by atoms with van der Waals surface area (Å²) >= 11 is 0. The summed E-state index contributed by atoms with van der Waals surface area (Å²) in [4.78, 5) is 3.68. The number of hydrogen-bond acceptors (Lipinski definition) is 2. The molecule has 0 unspecified atom stereocenters. The zero-order chi connectivity index (χ0) is 7.40. The van der Waals surface area contributed by atoms with E-state index in [9.17, 15) is 4.39 Å². The molecule has 53 valence electrons. The first-order valence-corrected chi connectivity index (χ1v) is 2.88. The molecule has 1 radical (unpaired) electrons. The van der Waals surface area contributed by atoms with Gasteiger partial charge in [0.25, 0.3) is 0 Å². The Morgan fingerprint density at radius 1 is 1.60 bits per heavy atom. The van der Waals surface area contributed by atoms with Crippen LogP contribution in [0.4, 0.5) is 4.39 Å². The molecular weight excluding hydrogens is 133 g/mol. The van der Waals surface area contributed by atoms with Crippen molar-refractivity contribution in [2.45, 2.75) is 0 Å². The monoisotopic (exact) mass is 140 g/mol. The highest BCUT2D eigenvalue weighted by Gasteiger charge is 1.92. The number of rotatable bonds is 2. The van der Waals surface area contributed by atoms with E-state index < -0.39 is 0 Å². The fraction of sp³-hybridized carbons (Fsp3) is 0.143. The average Bonchev–Trinajstić information content (AvgIpc) is 1.95. The minimum Gasteiger partial charge on any atom is -0.396 e. The molecule has 0 atom stereocenters. The van der Waals surface area contributed by atoms with E-state index in [4.69, 9.17) is 5.11 Å². The Balaban J connectivity index is 2.69. The molecule has 0 aliphatic carbocycles. The summed E-state index contributed by atoms with van der Waals surface area (Å²) in [5.74, 6) is -0.366. The van der Waals surface area contributed by atoms with Gasteiger partial charge in [-0.05, 0) is 12.1 Å². The van der Waals surface area contributed by atoms with Gasteiger partial charge in [-0.25, -0.2) is 4.39 Å². The van der Waals surface area contributed by atoms with Gasteiger partial charge in [-0.15, -0.1) is 0 Å². The smallest absolute Gasteiger partial charge is 0.141 e. The maximum Gasteiger partial charge on any atom is 0.141 e. The molecule has 1 aromatic heterocycles. The zero-order valence-corrected chi connectivity index (χ0v) is 5.29. The number of pyridine rings is 1. The molecule has 10 heavy (non-hydrogen) atoms. The molecule has 3 heteroatoms. The fourth-order valence-corrected chi connectivity index (χ4v) is 0.602. The second-order valence-electron chi connectivity index (χ2n) is 1.79. The van der Waals surface area contributed by atoms with Gasteiger partial charge in [0.1, 0.15) is 5.82 Å². The van der Waals surface area contributed by atoms with Crippen LogP contribution in [0.5, 0.6) is 0 Å². The van der Waals surface area contributed by atoms with Crippen molar-refractivity contribution in [1.29, 1.82) is 0 Å². The SMILES string of the molecule is OC[CH]c1ccc(F)cn1. The van der Waals surface area contributed by atoms with E-state index in [1.54, 1.807) is 0 Å². The molecular formula is C7H7FNO. The Morgan fingerprint density at radius 2 is 2.40 bits per heavy atom. The highest BCUT2D eigenvalue weighted by molar-refractivity contribution is 5.13. The van der Waals surface area contributed by atoms with Crippen LogP contribution in [0.15, 0.2) is 18.3 Å². The van der Waals surface area contributed by atoms with Crippen LogP contribution in [-0.4, -0.2) is 16.7 Å². The van der Waals surface area contributed by atoms with Gasteiger partial charge in [0, 0.05) is 12.1 Å². The van der Waals surface area contributed by atoms with Crippen LogP contribution < -0.4 is 0 Å². The Morgan fingerprint density at radius 3 is 2.90 bits per heavy atom. The van der Waals surface area contributed by atoms with E-state index in [1.807, 2.05) is 0 Å². The van der Waals surface area contributed by atoms with Crippen molar-refractivity contribution in [2.75, 3.05) is 6.61 Å². The molecule has 0 aliphatic rings. The number of aliphatic hydroxyl groups excluding tert-OH is 1. The van der Waals surface area contributed by atoms with Gasteiger partial charge in [0.05, 0.1) is 12.8 Å². The largest absolute Gasteiger partial charge is 0.396 e. The second kappa shape index (κ2) is 3.27. The van der Waals surface area contributed by atoms with E-state index in [-0.39, 0.29) is 12.4 Å². The fourth-order valence-electron chi connectivity index (χ4n) is 0.602. The van der Waals surface area contributed by atoms with Crippen molar-refractivity contribution in [3.63, 3.8) is 0 Å². The van der Waals surface area contributed by atoms with Gasteiger partial charge in [0.15, 0.2) is 0 Å². The van der Waals surface area contributed by atoms with E-state index in [0.29, 0.717) is 5.69 Å². The molecule has 0 aromatic carbocycles. The van der Waals surface area contributed by atoms with Crippen LogP contribution >= 0.6 is 0 Å². The Labute approximate surface area is 58.3 Å². The van der Waals surface area contributed by atoms with Crippen LogP contribution in [0.2, 0.25) is 0 Å². The van der Waals surface area contributed by atoms with E-state index >= 15 is 0 Å². The van der Waals surface area contributed by atoms with Gasteiger partial charge >= 0.3 is 0 Å². The van der Waals surface area contributed by atoms with Crippen LogP contribution in [0.1, 0.15) is 5.69 Å². The first-order valence-electron chi connectivity index (χ1n) is 2.88. The molecule has 1 N–H and O–H groups in total. The third-order valence-electron chi connectivity index (χ3n) is 1.05. The summed E-state index contributed by atoms with van der Waals surface area (Å²) in [6, 6.07) is 2.81. The lowest BCUT2D eigenvalue weighted by molar-refractivity contribution is 0.330. The van der Waals surface area contributed by atoms with Crippen molar-refractivity contribution in [1.82, 2.24) is 4.98 Å². The summed E-state index contributed by atoms with van der Waals surface area (Å²) < 4.78 is 12.2. The van der Waals surface area contributed by atoms with Crippen LogP contribution in [-0.2, 0) is 0 Å². The Kier molecular flexibility index (Phi) is 2.34. The molecule has 1 aromatic rings. The molecule has 1 heterocycles. The third-order valence-corrected chi connectivity index (χ3v) is 1.05. The molecule has 0 amide bonds. The highest BCUT2D eigenvalue weighted by Crippen LogP contribution is 1.99. The molecule has 0 spiro atoms. The molecule has 0 saturated heterocycles. The lowest BCUT2D eigenvalue weighted by atomic mass is 10.3. The third kappa shape index (κ3) is 1.77. The molecule has 0 fully saturated rings. The number of halogens is 1. The van der Waals surface area contributed by atoms with Crippen LogP contribution in [0, 0.1) is 12.2 Å². The predicted octanol–water partition coefficient (Wildman–Crippen LogP) is 0.765. The highest BCUT2D eigenvalue weighted by atomic mass is 19.1. The maximum atomic E-state index is 12.2. The van der Waals surface area contributed by atoms with Crippen molar-refractivity contribution in [2.24, 2.45) is 0 Å². The second-order valence-corrected chi connectivity index (χ2v) is 1.79. The minimum absolute atomic E-state index is 0.0708. The standard InChI is InChI=1S/C7H7FNO/c8-6-1-2-7(3-4-10)9-5-6/h1-3,5,10H,4H2. The molecule has 0 saturated carbocycles. The van der Waals surface area contributed by atoms with Gasteiger partial charge in [-0.2, -0.15) is 0 Å². The predicted molar refractivity (Wildman–Crippen MR) is 34.7 cm³/mol. The average molecular weight is 140 g/mol. The van der Waals surface area contributed by atoms with Gasteiger partial charge < -0.3 is 5.11 Å². The Hall–Kier alpha value is -0.960. The molecule has 1 rings (SSSR count). The zero-order valence-electron chi connectivity index (χ0n) is 5.29. The topological polar surface area (TPSA) is 33.1 Å². The van der Waals surface area contributed by atoms with Crippen molar-refractivity contribution in [3.05, 3.63) is 36.3 Å². The van der Waals surface area contributed by atoms with Crippen LogP contribution in [0.3, 0.4) is 0 Å². The summed E-state index contributed by atoms with van der Waals surface area (Å²) in [5.41, 5.74) is 0.587. The van der Waals surface area contributed by atoms with Crippen molar-refractivity contribution in [3.8, 4) is 0 Å². The lowest BCUT2D eigenvalue weighted by Crippen LogP contribution is -1.90. The van der Waals surface area contributed by atoms with E-state index in [1.165, 1.54) is 18.6 Å². The van der Waals surface area contributed by atoms with Gasteiger partial charge in [-0.1, -0.05) is 0 Å². The van der Waals surface area contributed by atoms with Gasteiger partial charge in [0.2, 0.25) is 0 Å². The number of nitrogens with zero attached hydrogens (tertiary/aromatic N) is 1. The maximum absolute atomic E-state index is 12.2. The number of aromatic nitrogens is 1. The number of hydrogen-bond donors (Lipinski definition) is 1. The van der Waals surface area contributed by atoms with Crippen LogP contribution in [0.25, 0.3) is 0 Å². The summed E-state index contributed by atoms with van der Waals surface area (Å²) in [7, 11) is 0. The number of aliphatic hydroxyl groups is 1. The lowest BCUT2D eigenvalue weighted by Gasteiger charge is -1.93. The summed E-state index contributed by atoms with van der Waals surface area (Å²) in [6.45, 7) is -0.0708.